The van der Waals surface area contributed by atoms with Gasteiger partial charge in [-0.3, -0.25) is 19.2 Å². The fourth-order valence-electron chi connectivity index (χ4n) is 5.11. The van der Waals surface area contributed by atoms with Crippen molar-refractivity contribution in [1.82, 2.24) is 40.4 Å². The second kappa shape index (κ2) is 12.9. The second-order valence-electron chi connectivity index (χ2n) is 11.1. The van der Waals surface area contributed by atoms with E-state index in [1.807, 2.05) is 44.2 Å². The molecule has 0 spiro atoms. The zero-order valence-electron chi connectivity index (χ0n) is 24.4. The molecule has 4 N–H and O–H groups in total. The summed E-state index contributed by atoms with van der Waals surface area (Å²) in [4.78, 5) is 57.9. The Hall–Kier alpha value is -4.94. The summed E-state index contributed by atoms with van der Waals surface area (Å²) < 4.78 is 8.96. The lowest BCUT2D eigenvalue weighted by Gasteiger charge is -2.26. The van der Waals surface area contributed by atoms with Crippen LogP contribution in [-0.4, -0.2) is 61.4 Å². The molecule has 0 saturated carbocycles. The average molecular weight is 589 g/mol. The molecule has 13 heteroatoms. The molecule has 0 saturated heterocycles. The van der Waals surface area contributed by atoms with Crippen molar-refractivity contribution in [3.63, 3.8) is 0 Å². The molecule has 3 aromatic heterocycles. The number of aryl methyl sites for hydroxylation is 1. The fraction of sp³-hybridized carbons (Fsp3) is 0.400. The molecule has 1 aliphatic heterocycles. The third-order valence-electron chi connectivity index (χ3n) is 7.51. The number of oxazole rings is 1. The molecule has 3 atom stereocenters. The summed E-state index contributed by atoms with van der Waals surface area (Å²) in [6.07, 6.45) is 7.82. The van der Waals surface area contributed by atoms with E-state index in [9.17, 15) is 19.2 Å². The Balaban J connectivity index is 1.43. The van der Waals surface area contributed by atoms with Gasteiger partial charge in [0.2, 0.25) is 17.7 Å². The van der Waals surface area contributed by atoms with E-state index in [2.05, 4.69) is 31.3 Å². The van der Waals surface area contributed by atoms with Crippen molar-refractivity contribution >= 4 is 29.3 Å². The zero-order chi connectivity index (χ0) is 30.5. The first-order chi connectivity index (χ1) is 20.7. The number of carbonyl (C=O) groups excluding carboxylic acids is 4. The fourth-order valence-corrected chi connectivity index (χ4v) is 5.11. The Morgan fingerprint density at radius 2 is 1.88 bits per heavy atom. The van der Waals surface area contributed by atoms with E-state index in [-0.39, 0.29) is 30.3 Å². The Bertz CT molecular complexity index is 1600. The van der Waals surface area contributed by atoms with Crippen molar-refractivity contribution in [2.75, 3.05) is 6.54 Å². The molecule has 4 amide bonds. The molecule has 4 aromatic rings. The second-order valence-corrected chi connectivity index (χ2v) is 11.1. The number of nitrogens with one attached hydrogen (secondary N) is 4. The van der Waals surface area contributed by atoms with E-state index in [4.69, 9.17) is 4.42 Å². The van der Waals surface area contributed by atoms with Crippen molar-refractivity contribution in [2.24, 2.45) is 13.0 Å². The van der Waals surface area contributed by atoms with Gasteiger partial charge in [0.1, 0.15) is 35.6 Å². The molecule has 0 radical (unpaired) electrons. The Labute approximate surface area is 248 Å². The maximum absolute atomic E-state index is 13.8. The quantitative estimate of drug-likeness (QED) is 0.277. The van der Waals surface area contributed by atoms with Crippen LogP contribution >= 0.6 is 0 Å². The van der Waals surface area contributed by atoms with Gasteiger partial charge in [-0.1, -0.05) is 44.2 Å². The van der Waals surface area contributed by atoms with Crippen LogP contribution in [0, 0.1) is 5.92 Å². The third kappa shape index (κ3) is 6.76. The van der Waals surface area contributed by atoms with Gasteiger partial charge in [-0.25, -0.2) is 9.50 Å². The van der Waals surface area contributed by atoms with E-state index in [0.29, 0.717) is 30.6 Å². The van der Waals surface area contributed by atoms with Crippen LogP contribution in [0.25, 0.3) is 5.65 Å². The van der Waals surface area contributed by atoms with Crippen molar-refractivity contribution in [3.05, 3.63) is 77.9 Å². The number of aromatic nitrogens is 4. The molecule has 226 valence electrons. The number of imidazole rings is 1. The lowest BCUT2D eigenvalue weighted by molar-refractivity contribution is -0.130. The van der Waals surface area contributed by atoms with Crippen LogP contribution in [0.1, 0.15) is 71.5 Å². The summed E-state index contributed by atoms with van der Waals surface area (Å²) >= 11 is 0. The first-order valence-corrected chi connectivity index (χ1v) is 14.4. The zero-order valence-corrected chi connectivity index (χ0v) is 24.4. The van der Waals surface area contributed by atoms with E-state index in [1.54, 1.807) is 28.5 Å². The Morgan fingerprint density at radius 3 is 2.65 bits per heavy atom. The van der Waals surface area contributed by atoms with E-state index >= 15 is 0 Å². The maximum Gasteiger partial charge on any atom is 0.273 e. The Kier molecular flexibility index (Phi) is 8.88. The smallest absolute Gasteiger partial charge is 0.273 e. The summed E-state index contributed by atoms with van der Waals surface area (Å²) in [6, 6.07) is 6.80. The summed E-state index contributed by atoms with van der Waals surface area (Å²) in [5, 5.41) is 15.7. The van der Waals surface area contributed by atoms with E-state index in [0.717, 1.165) is 5.56 Å². The average Bonchev–Trinajstić information content (AvgIpc) is 3.73. The molecule has 1 aromatic carbocycles. The third-order valence-corrected chi connectivity index (χ3v) is 7.51. The van der Waals surface area contributed by atoms with Crippen LogP contribution in [0.3, 0.4) is 0 Å². The van der Waals surface area contributed by atoms with E-state index in [1.165, 1.54) is 12.5 Å². The highest BCUT2D eigenvalue weighted by atomic mass is 16.3. The van der Waals surface area contributed by atoms with Gasteiger partial charge in [-0.2, -0.15) is 5.10 Å². The van der Waals surface area contributed by atoms with Gasteiger partial charge in [0, 0.05) is 32.4 Å². The number of nitrogens with zero attached hydrogens (tertiary/aromatic N) is 4. The first kappa shape index (κ1) is 29.5. The lowest BCUT2D eigenvalue weighted by atomic mass is 10.0. The van der Waals surface area contributed by atoms with Crippen molar-refractivity contribution < 1.29 is 23.6 Å². The van der Waals surface area contributed by atoms with Crippen LogP contribution < -0.4 is 21.3 Å². The number of hydrogen-bond acceptors (Lipinski definition) is 7. The maximum atomic E-state index is 13.8. The van der Waals surface area contributed by atoms with Crippen molar-refractivity contribution in [1.29, 1.82) is 0 Å². The summed E-state index contributed by atoms with van der Waals surface area (Å²) in [6.45, 7) is 4.13. The highest BCUT2D eigenvalue weighted by molar-refractivity contribution is 6.02. The molecular formula is C30H36N8O5. The molecule has 5 rings (SSSR count). The highest BCUT2D eigenvalue weighted by Crippen LogP contribution is 2.22. The van der Waals surface area contributed by atoms with Gasteiger partial charge in [0.15, 0.2) is 5.69 Å². The monoisotopic (exact) mass is 588 g/mol. The predicted octanol–water partition coefficient (Wildman–Crippen LogP) is 1.91. The first-order valence-electron chi connectivity index (χ1n) is 14.4. The number of benzene rings is 1. The number of carbonyl (C=O) groups is 4. The van der Waals surface area contributed by atoms with Gasteiger partial charge in [-0.05, 0) is 30.7 Å². The molecule has 4 heterocycles. The highest BCUT2D eigenvalue weighted by Gasteiger charge is 2.32. The number of hydrogen-bond donors (Lipinski definition) is 4. The predicted molar refractivity (Wildman–Crippen MR) is 156 cm³/mol. The Morgan fingerprint density at radius 1 is 1.09 bits per heavy atom. The standard InChI is InChI=1S/C30H36N8O5/c1-18(2)24-29-35-23(17-43-29)26(40)31-12-8-7-11-21(33-25(39)20-16-32-38-14-13-37(3)30(20)38)27(41)34-22(28(42)36-24)15-19-9-5-4-6-10-19/h4-6,9-10,13-14,16-18,21-22,24H,7-8,11-12,15H2,1-3H3,(H,31,40)(H,33,39)(H,34,41)(H,36,42)/t21-,22-,24-/m0/s1. The topological polar surface area (TPSA) is 165 Å². The molecule has 0 unspecified atom stereocenters. The lowest BCUT2D eigenvalue weighted by Crippen LogP contribution is -2.55. The number of rotatable bonds is 5. The molecule has 43 heavy (non-hydrogen) atoms. The van der Waals surface area contributed by atoms with Crippen LogP contribution in [-0.2, 0) is 23.1 Å². The minimum atomic E-state index is -0.961. The van der Waals surface area contributed by atoms with E-state index < -0.39 is 41.8 Å². The molecule has 0 fully saturated rings. The van der Waals surface area contributed by atoms with Crippen LogP contribution in [0.15, 0.2) is 59.6 Å². The summed E-state index contributed by atoms with van der Waals surface area (Å²) in [5.41, 5.74) is 1.88. The number of fused-ring (bicyclic) bond motifs is 3. The SMILES string of the molecule is CC(C)[C@@H]1NC(=O)[C@H](Cc2ccccc2)NC(=O)[C@@H](NC(=O)c2cnn3ccn(C)c23)CCCCNC(=O)c2coc1n2. The summed E-state index contributed by atoms with van der Waals surface area (Å²) in [5.74, 6) is -1.73. The summed E-state index contributed by atoms with van der Waals surface area (Å²) in [7, 11) is 1.80. The van der Waals surface area contributed by atoms with Gasteiger partial charge < -0.3 is 30.3 Å². The molecule has 2 bridgehead atoms. The van der Waals surface area contributed by atoms with Gasteiger partial charge in [0.25, 0.3) is 11.8 Å². The van der Waals surface area contributed by atoms with Gasteiger partial charge >= 0.3 is 0 Å². The van der Waals surface area contributed by atoms with Crippen molar-refractivity contribution in [2.45, 2.75) is 57.7 Å². The molecule has 1 aliphatic rings. The largest absolute Gasteiger partial charge is 0.446 e. The van der Waals surface area contributed by atoms with Gasteiger partial charge in [0.05, 0.1) is 6.20 Å². The molecule has 0 aliphatic carbocycles. The van der Waals surface area contributed by atoms with Gasteiger partial charge in [-0.15, -0.1) is 0 Å². The normalized spacial score (nSPS) is 20.5. The number of amides is 4. The molecule has 13 nitrogen and oxygen atoms in total. The minimum absolute atomic E-state index is 0.120. The van der Waals surface area contributed by atoms with Crippen molar-refractivity contribution in [3.8, 4) is 0 Å². The van der Waals surface area contributed by atoms with Crippen LogP contribution in [0.4, 0.5) is 0 Å². The van der Waals surface area contributed by atoms with Crippen LogP contribution in [0.5, 0.6) is 0 Å². The van der Waals surface area contributed by atoms with Crippen LogP contribution in [0.2, 0.25) is 0 Å². The minimum Gasteiger partial charge on any atom is -0.446 e. The molecular weight excluding hydrogens is 552 g/mol.